The minimum Gasteiger partial charge on any atom is -0.345 e. The monoisotopic (exact) mass is 345 g/mol. The first-order valence-electron chi connectivity index (χ1n) is 9.48. The van der Waals surface area contributed by atoms with Crippen LogP contribution in [0.5, 0.6) is 0 Å². The SMILES string of the molecule is CCNCc1cccc(NC(=O)C(C)NC(=O)CC2CCCCC2)c1. The normalized spacial score (nSPS) is 16.2. The van der Waals surface area contributed by atoms with Gasteiger partial charge in [-0.05, 0) is 49.9 Å². The first kappa shape index (κ1) is 19.4. The topological polar surface area (TPSA) is 70.2 Å². The molecule has 0 aliphatic heterocycles. The molecular formula is C20H31N3O2. The Morgan fingerprint density at radius 3 is 2.68 bits per heavy atom. The molecular weight excluding hydrogens is 314 g/mol. The average Bonchev–Trinajstić information content (AvgIpc) is 2.61. The molecule has 25 heavy (non-hydrogen) atoms. The summed E-state index contributed by atoms with van der Waals surface area (Å²) in [6, 6.07) is 7.23. The van der Waals surface area contributed by atoms with Crippen LogP contribution in [0.3, 0.4) is 0 Å². The maximum atomic E-state index is 12.3. The van der Waals surface area contributed by atoms with E-state index < -0.39 is 6.04 Å². The van der Waals surface area contributed by atoms with Crippen LogP contribution in [-0.2, 0) is 16.1 Å². The van der Waals surface area contributed by atoms with E-state index in [0.29, 0.717) is 12.3 Å². The number of nitrogens with one attached hydrogen (secondary N) is 3. The van der Waals surface area contributed by atoms with Crippen molar-refractivity contribution in [2.75, 3.05) is 11.9 Å². The molecule has 138 valence electrons. The summed E-state index contributed by atoms with van der Waals surface area (Å²) in [5, 5.41) is 8.98. The Morgan fingerprint density at radius 2 is 1.96 bits per heavy atom. The number of benzene rings is 1. The molecule has 1 fully saturated rings. The molecule has 1 atom stereocenters. The van der Waals surface area contributed by atoms with Gasteiger partial charge < -0.3 is 16.0 Å². The first-order valence-corrected chi connectivity index (χ1v) is 9.48. The molecule has 1 aliphatic carbocycles. The van der Waals surface area contributed by atoms with Gasteiger partial charge in [0.05, 0.1) is 0 Å². The van der Waals surface area contributed by atoms with E-state index in [0.717, 1.165) is 37.2 Å². The predicted molar refractivity (Wildman–Crippen MR) is 101 cm³/mol. The Balaban J connectivity index is 1.80. The molecule has 1 saturated carbocycles. The van der Waals surface area contributed by atoms with E-state index in [9.17, 15) is 9.59 Å². The molecule has 1 aromatic rings. The van der Waals surface area contributed by atoms with Gasteiger partial charge >= 0.3 is 0 Å². The van der Waals surface area contributed by atoms with Crippen molar-refractivity contribution in [3.8, 4) is 0 Å². The van der Waals surface area contributed by atoms with Crippen LogP contribution in [0.1, 0.15) is 57.9 Å². The Kier molecular flexibility index (Phi) is 7.92. The summed E-state index contributed by atoms with van der Waals surface area (Å²) < 4.78 is 0. The summed E-state index contributed by atoms with van der Waals surface area (Å²) in [4.78, 5) is 24.5. The number of hydrogen-bond acceptors (Lipinski definition) is 3. The summed E-state index contributed by atoms with van der Waals surface area (Å²) in [7, 11) is 0. The molecule has 0 heterocycles. The molecule has 1 aliphatic rings. The molecule has 0 saturated heterocycles. The molecule has 0 spiro atoms. The third-order valence-corrected chi connectivity index (χ3v) is 4.74. The van der Waals surface area contributed by atoms with E-state index in [1.807, 2.05) is 24.3 Å². The molecule has 5 nitrogen and oxygen atoms in total. The molecule has 3 N–H and O–H groups in total. The lowest BCUT2D eigenvalue weighted by atomic mass is 9.87. The molecule has 0 bridgehead atoms. The predicted octanol–water partition coefficient (Wildman–Crippen LogP) is 3.21. The van der Waals surface area contributed by atoms with Gasteiger partial charge in [-0.15, -0.1) is 0 Å². The van der Waals surface area contributed by atoms with E-state index in [1.165, 1.54) is 19.3 Å². The number of carbonyl (C=O) groups excluding carboxylic acids is 2. The zero-order chi connectivity index (χ0) is 18.1. The fourth-order valence-corrected chi connectivity index (χ4v) is 3.30. The van der Waals surface area contributed by atoms with Crippen molar-refractivity contribution in [1.82, 2.24) is 10.6 Å². The molecule has 1 aromatic carbocycles. The van der Waals surface area contributed by atoms with Crippen LogP contribution in [0.25, 0.3) is 0 Å². The number of rotatable bonds is 8. The second-order valence-electron chi connectivity index (χ2n) is 6.97. The van der Waals surface area contributed by atoms with Crippen molar-refractivity contribution in [1.29, 1.82) is 0 Å². The fraction of sp³-hybridized carbons (Fsp3) is 0.600. The molecule has 2 amide bonds. The zero-order valence-corrected chi connectivity index (χ0v) is 15.4. The average molecular weight is 345 g/mol. The van der Waals surface area contributed by atoms with Crippen LogP contribution in [-0.4, -0.2) is 24.4 Å². The standard InChI is InChI=1S/C20H31N3O2/c1-3-21-14-17-10-7-11-18(12-17)23-20(25)15(2)22-19(24)13-16-8-5-4-6-9-16/h7,10-12,15-16,21H,3-6,8-9,13-14H2,1-2H3,(H,22,24)(H,23,25). The van der Waals surface area contributed by atoms with E-state index >= 15 is 0 Å². The zero-order valence-electron chi connectivity index (χ0n) is 15.4. The highest BCUT2D eigenvalue weighted by Crippen LogP contribution is 2.26. The van der Waals surface area contributed by atoms with Gasteiger partial charge in [-0.2, -0.15) is 0 Å². The highest BCUT2D eigenvalue weighted by Gasteiger charge is 2.20. The van der Waals surface area contributed by atoms with Gasteiger partial charge in [0.2, 0.25) is 11.8 Å². The second kappa shape index (κ2) is 10.2. The van der Waals surface area contributed by atoms with Crippen LogP contribution in [0.4, 0.5) is 5.69 Å². The molecule has 1 unspecified atom stereocenters. The van der Waals surface area contributed by atoms with Gasteiger partial charge in [-0.25, -0.2) is 0 Å². The molecule has 0 aromatic heterocycles. The van der Waals surface area contributed by atoms with Gasteiger partial charge in [-0.3, -0.25) is 9.59 Å². The van der Waals surface area contributed by atoms with Crippen molar-refractivity contribution in [3.05, 3.63) is 29.8 Å². The van der Waals surface area contributed by atoms with Crippen LogP contribution >= 0.6 is 0 Å². The van der Waals surface area contributed by atoms with Gasteiger partial charge in [0.1, 0.15) is 6.04 Å². The maximum Gasteiger partial charge on any atom is 0.246 e. The van der Waals surface area contributed by atoms with E-state index in [2.05, 4.69) is 22.9 Å². The summed E-state index contributed by atoms with van der Waals surface area (Å²) in [6.07, 6.45) is 6.52. The first-order chi connectivity index (χ1) is 12.1. The van der Waals surface area contributed by atoms with Crippen LogP contribution in [0.15, 0.2) is 24.3 Å². The third kappa shape index (κ3) is 6.86. The van der Waals surface area contributed by atoms with Crippen LogP contribution in [0.2, 0.25) is 0 Å². The third-order valence-electron chi connectivity index (χ3n) is 4.74. The highest BCUT2D eigenvalue weighted by atomic mass is 16.2. The van der Waals surface area contributed by atoms with E-state index in [4.69, 9.17) is 0 Å². The van der Waals surface area contributed by atoms with Crippen LogP contribution in [0, 0.1) is 5.92 Å². The Labute approximate surface area is 151 Å². The molecule has 5 heteroatoms. The molecule has 0 radical (unpaired) electrons. The fourth-order valence-electron chi connectivity index (χ4n) is 3.30. The smallest absolute Gasteiger partial charge is 0.246 e. The highest BCUT2D eigenvalue weighted by molar-refractivity contribution is 5.96. The number of carbonyl (C=O) groups is 2. The van der Waals surface area contributed by atoms with Crippen molar-refractivity contribution >= 4 is 17.5 Å². The Morgan fingerprint density at radius 1 is 1.20 bits per heavy atom. The Hall–Kier alpha value is -1.88. The van der Waals surface area contributed by atoms with Crippen molar-refractivity contribution in [2.24, 2.45) is 5.92 Å². The van der Waals surface area contributed by atoms with Crippen molar-refractivity contribution < 1.29 is 9.59 Å². The van der Waals surface area contributed by atoms with Gasteiger partial charge in [-0.1, -0.05) is 38.3 Å². The lowest BCUT2D eigenvalue weighted by Crippen LogP contribution is -2.42. The van der Waals surface area contributed by atoms with Crippen molar-refractivity contribution in [2.45, 2.75) is 65.0 Å². The summed E-state index contributed by atoms with van der Waals surface area (Å²) in [5.41, 5.74) is 1.88. The lowest BCUT2D eigenvalue weighted by molar-refractivity contribution is -0.126. The number of hydrogen-bond donors (Lipinski definition) is 3. The summed E-state index contributed by atoms with van der Waals surface area (Å²) >= 11 is 0. The quantitative estimate of drug-likeness (QED) is 0.677. The van der Waals surface area contributed by atoms with Crippen molar-refractivity contribution in [3.63, 3.8) is 0 Å². The Bertz CT molecular complexity index is 568. The summed E-state index contributed by atoms with van der Waals surface area (Å²) in [6.45, 7) is 5.47. The second-order valence-corrected chi connectivity index (χ2v) is 6.97. The minimum absolute atomic E-state index is 0.0181. The lowest BCUT2D eigenvalue weighted by Gasteiger charge is -2.22. The maximum absolute atomic E-state index is 12.3. The number of amides is 2. The van der Waals surface area contributed by atoms with Gasteiger partial charge in [0.25, 0.3) is 0 Å². The summed E-state index contributed by atoms with van der Waals surface area (Å²) in [5.74, 6) is 0.278. The molecule has 2 rings (SSSR count). The largest absolute Gasteiger partial charge is 0.345 e. The van der Waals surface area contributed by atoms with E-state index in [-0.39, 0.29) is 11.8 Å². The number of anilines is 1. The van der Waals surface area contributed by atoms with Gasteiger partial charge in [0.15, 0.2) is 0 Å². The van der Waals surface area contributed by atoms with Crippen LogP contribution < -0.4 is 16.0 Å². The minimum atomic E-state index is -0.534. The van der Waals surface area contributed by atoms with Gasteiger partial charge in [0, 0.05) is 18.7 Å². The van der Waals surface area contributed by atoms with E-state index in [1.54, 1.807) is 6.92 Å².